The van der Waals surface area contributed by atoms with Crippen LogP contribution in [0.15, 0.2) is 46.6 Å². The molecule has 3 heterocycles. The fourth-order valence-electron chi connectivity index (χ4n) is 2.45. The lowest BCUT2D eigenvalue weighted by Gasteiger charge is -2.18. The molecule has 1 aliphatic rings. The zero-order valence-corrected chi connectivity index (χ0v) is 13.8. The number of carbonyl (C=O) groups excluding carboxylic acids is 1. The predicted molar refractivity (Wildman–Crippen MR) is 93.6 cm³/mol. The van der Waals surface area contributed by atoms with Gasteiger partial charge in [0, 0.05) is 11.8 Å². The highest BCUT2D eigenvalue weighted by molar-refractivity contribution is 7.13. The minimum Gasteiger partial charge on any atom is -0.486 e. The lowest BCUT2D eigenvalue weighted by atomic mass is 10.2. The number of hydrogen-bond acceptors (Lipinski definition) is 6. The predicted octanol–water partition coefficient (Wildman–Crippen LogP) is 2.52. The van der Waals surface area contributed by atoms with E-state index in [9.17, 15) is 9.59 Å². The van der Waals surface area contributed by atoms with E-state index < -0.39 is 11.6 Å². The molecule has 8 heteroatoms. The molecule has 25 heavy (non-hydrogen) atoms. The summed E-state index contributed by atoms with van der Waals surface area (Å²) in [5.74, 6) is 0.737. The summed E-state index contributed by atoms with van der Waals surface area (Å²) in [5, 5.41) is 4.61. The minimum absolute atomic E-state index is 0.0436. The number of amides is 1. The summed E-state index contributed by atoms with van der Waals surface area (Å²) >= 11 is 1.46. The van der Waals surface area contributed by atoms with Gasteiger partial charge in [-0.2, -0.15) is 4.98 Å². The van der Waals surface area contributed by atoms with Crippen molar-refractivity contribution in [1.82, 2.24) is 9.97 Å². The van der Waals surface area contributed by atoms with Crippen molar-refractivity contribution in [2.45, 2.75) is 0 Å². The third-order valence-electron chi connectivity index (χ3n) is 3.56. The topological polar surface area (TPSA) is 93.3 Å². The van der Waals surface area contributed by atoms with Gasteiger partial charge in [0.1, 0.15) is 18.9 Å². The smallest absolute Gasteiger partial charge is 0.346 e. The second kappa shape index (κ2) is 6.40. The summed E-state index contributed by atoms with van der Waals surface area (Å²) in [6, 6.07) is 10.4. The van der Waals surface area contributed by atoms with Crippen LogP contribution < -0.4 is 20.5 Å². The van der Waals surface area contributed by atoms with Gasteiger partial charge in [-0.15, -0.1) is 11.3 Å². The summed E-state index contributed by atoms with van der Waals surface area (Å²) in [4.78, 5) is 31.5. The Hall–Kier alpha value is -3.13. The first-order valence-electron chi connectivity index (χ1n) is 7.55. The standard InChI is InChI=1S/C17H13N3O4S/c21-16(18-10-3-4-13-14(8-10)24-6-5-23-13)12-9-11(19-17(22)20-12)15-2-1-7-25-15/h1-4,7-9H,5-6H2,(H,18,21)(H,19,20,22). The molecule has 0 saturated heterocycles. The Morgan fingerprint density at radius 2 is 2.00 bits per heavy atom. The van der Waals surface area contributed by atoms with Crippen LogP contribution in [0.1, 0.15) is 10.5 Å². The lowest BCUT2D eigenvalue weighted by molar-refractivity contribution is 0.102. The van der Waals surface area contributed by atoms with Crippen molar-refractivity contribution >= 4 is 22.9 Å². The number of anilines is 1. The van der Waals surface area contributed by atoms with Crippen molar-refractivity contribution < 1.29 is 14.3 Å². The van der Waals surface area contributed by atoms with E-state index >= 15 is 0 Å². The first kappa shape index (κ1) is 15.4. The van der Waals surface area contributed by atoms with E-state index in [1.54, 1.807) is 24.3 Å². The minimum atomic E-state index is -0.571. The number of fused-ring (bicyclic) bond motifs is 1. The molecule has 0 saturated carbocycles. The number of rotatable bonds is 3. The van der Waals surface area contributed by atoms with Crippen LogP contribution in [-0.4, -0.2) is 29.1 Å². The molecular formula is C17H13N3O4S. The second-order valence-corrected chi connectivity index (χ2v) is 6.22. The summed E-state index contributed by atoms with van der Waals surface area (Å²) in [5.41, 5.74) is 0.566. The van der Waals surface area contributed by atoms with E-state index in [1.165, 1.54) is 11.3 Å². The number of hydrogen-bond donors (Lipinski definition) is 2. The molecule has 1 aliphatic heterocycles. The van der Waals surface area contributed by atoms with E-state index in [4.69, 9.17) is 9.47 Å². The van der Waals surface area contributed by atoms with Gasteiger partial charge < -0.3 is 19.8 Å². The highest BCUT2D eigenvalue weighted by atomic mass is 32.1. The summed E-state index contributed by atoms with van der Waals surface area (Å²) in [6.07, 6.45) is 0. The summed E-state index contributed by atoms with van der Waals surface area (Å²) in [7, 11) is 0. The van der Waals surface area contributed by atoms with Crippen LogP contribution in [0, 0.1) is 0 Å². The lowest BCUT2D eigenvalue weighted by Crippen LogP contribution is -2.21. The van der Waals surface area contributed by atoms with Crippen molar-refractivity contribution in [1.29, 1.82) is 0 Å². The Bertz CT molecular complexity index is 982. The molecule has 0 radical (unpaired) electrons. The van der Waals surface area contributed by atoms with E-state index in [0.717, 1.165) is 4.88 Å². The Balaban J connectivity index is 1.60. The molecule has 0 bridgehead atoms. The Labute approximate surface area is 146 Å². The number of ether oxygens (including phenoxy) is 2. The highest BCUT2D eigenvalue weighted by Gasteiger charge is 2.15. The third kappa shape index (κ3) is 3.24. The third-order valence-corrected chi connectivity index (χ3v) is 4.47. The number of aromatic amines is 1. The van der Waals surface area contributed by atoms with Gasteiger partial charge in [-0.05, 0) is 29.6 Å². The van der Waals surface area contributed by atoms with Crippen molar-refractivity contribution in [3.05, 3.63) is 58.0 Å². The van der Waals surface area contributed by atoms with Gasteiger partial charge in [0.25, 0.3) is 5.91 Å². The van der Waals surface area contributed by atoms with Gasteiger partial charge >= 0.3 is 5.69 Å². The SMILES string of the molecule is O=C(Nc1ccc2c(c1)OCCO2)c1cc(-c2cccs2)[nH]c(=O)n1. The number of thiophene rings is 1. The van der Waals surface area contributed by atoms with E-state index in [2.05, 4.69) is 15.3 Å². The molecule has 126 valence electrons. The van der Waals surface area contributed by atoms with Gasteiger partial charge in [-0.25, -0.2) is 4.79 Å². The highest BCUT2D eigenvalue weighted by Crippen LogP contribution is 2.32. The Kier molecular flexibility index (Phi) is 3.95. The Morgan fingerprint density at radius 3 is 2.80 bits per heavy atom. The maximum Gasteiger partial charge on any atom is 0.346 e. The zero-order valence-electron chi connectivity index (χ0n) is 12.9. The molecule has 2 N–H and O–H groups in total. The van der Waals surface area contributed by atoms with E-state index in [1.807, 2.05) is 17.5 Å². The van der Waals surface area contributed by atoms with Gasteiger partial charge in [0.15, 0.2) is 11.5 Å². The van der Waals surface area contributed by atoms with Crippen molar-refractivity contribution in [2.75, 3.05) is 18.5 Å². The van der Waals surface area contributed by atoms with Crippen LogP contribution >= 0.6 is 11.3 Å². The van der Waals surface area contributed by atoms with Gasteiger partial charge in [0.2, 0.25) is 0 Å². The molecule has 0 fully saturated rings. The first-order valence-corrected chi connectivity index (χ1v) is 8.43. The van der Waals surface area contributed by atoms with Gasteiger partial charge in [0.05, 0.1) is 10.6 Å². The van der Waals surface area contributed by atoms with Crippen LogP contribution in [0.5, 0.6) is 11.5 Å². The number of carbonyl (C=O) groups is 1. The zero-order chi connectivity index (χ0) is 17.2. The Morgan fingerprint density at radius 1 is 1.16 bits per heavy atom. The molecule has 0 spiro atoms. The average molecular weight is 355 g/mol. The van der Waals surface area contributed by atoms with Gasteiger partial charge in [-0.3, -0.25) is 4.79 Å². The molecule has 0 unspecified atom stereocenters. The normalized spacial score (nSPS) is 12.6. The van der Waals surface area contributed by atoms with Crippen molar-refractivity contribution in [3.63, 3.8) is 0 Å². The summed E-state index contributed by atoms with van der Waals surface area (Å²) < 4.78 is 10.9. The fourth-order valence-corrected chi connectivity index (χ4v) is 3.15. The molecule has 2 aromatic heterocycles. The number of benzene rings is 1. The number of nitrogens with zero attached hydrogens (tertiary/aromatic N) is 1. The van der Waals surface area contributed by atoms with Crippen LogP contribution in [0.2, 0.25) is 0 Å². The maximum absolute atomic E-state index is 12.5. The van der Waals surface area contributed by atoms with E-state index in [-0.39, 0.29) is 5.69 Å². The maximum atomic E-state index is 12.5. The van der Waals surface area contributed by atoms with Gasteiger partial charge in [-0.1, -0.05) is 6.07 Å². The molecular weight excluding hydrogens is 342 g/mol. The molecule has 1 aromatic carbocycles. The van der Waals surface area contributed by atoms with Crippen molar-refractivity contribution in [3.8, 4) is 22.1 Å². The largest absolute Gasteiger partial charge is 0.486 e. The number of nitrogens with one attached hydrogen (secondary N) is 2. The van der Waals surface area contributed by atoms with Crippen LogP contribution in [0.3, 0.4) is 0 Å². The average Bonchev–Trinajstić information content (AvgIpc) is 3.16. The van der Waals surface area contributed by atoms with Crippen LogP contribution in [0.4, 0.5) is 5.69 Å². The quantitative estimate of drug-likeness (QED) is 0.753. The second-order valence-electron chi connectivity index (χ2n) is 5.28. The molecule has 7 nitrogen and oxygen atoms in total. The van der Waals surface area contributed by atoms with E-state index in [0.29, 0.717) is 36.1 Å². The molecule has 3 aromatic rings. The monoisotopic (exact) mass is 355 g/mol. The fraction of sp³-hybridized carbons (Fsp3) is 0.118. The van der Waals surface area contributed by atoms with Crippen LogP contribution in [0.25, 0.3) is 10.6 Å². The molecule has 4 rings (SSSR count). The molecule has 0 atom stereocenters. The molecule has 1 amide bonds. The molecule has 0 aliphatic carbocycles. The number of H-pyrrole nitrogens is 1. The first-order chi connectivity index (χ1) is 12.2. The van der Waals surface area contributed by atoms with Crippen LogP contribution in [-0.2, 0) is 0 Å². The number of aromatic nitrogens is 2. The summed E-state index contributed by atoms with van der Waals surface area (Å²) in [6.45, 7) is 0.963. The van der Waals surface area contributed by atoms with Crippen molar-refractivity contribution in [2.24, 2.45) is 0 Å².